The highest BCUT2D eigenvalue weighted by Gasteiger charge is 2.10. The lowest BCUT2D eigenvalue weighted by molar-refractivity contribution is 0.415. The molecule has 0 bridgehead atoms. The van der Waals surface area contributed by atoms with Gasteiger partial charge in [0.2, 0.25) is 0 Å². The second-order valence-electron chi connectivity index (χ2n) is 5.07. The van der Waals surface area contributed by atoms with Crippen molar-refractivity contribution in [3.05, 3.63) is 29.8 Å². The molecule has 3 nitrogen and oxygen atoms in total. The highest BCUT2D eigenvalue weighted by atomic mass is 16.5. The lowest BCUT2D eigenvalue weighted by Gasteiger charge is -2.15. The van der Waals surface area contributed by atoms with E-state index in [0.717, 1.165) is 35.4 Å². The molecule has 2 aromatic rings. The Kier molecular flexibility index (Phi) is 4.25. The molecule has 0 atom stereocenters. The van der Waals surface area contributed by atoms with Crippen LogP contribution in [0.2, 0.25) is 0 Å². The van der Waals surface area contributed by atoms with E-state index < -0.39 is 0 Å². The van der Waals surface area contributed by atoms with E-state index in [-0.39, 0.29) is 0 Å². The first-order valence-electron chi connectivity index (χ1n) is 6.88. The molecule has 0 spiro atoms. The van der Waals surface area contributed by atoms with Gasteiger partial charge in [0.25, 0.3) is 0 Å². The number of benzene rings is 1. The van der Waals surface area contributed by atoms with Crippen LogP contribution in [0.1, 0.15) is 38.7 Å². The van der Waals surface area contributed by atoms with Gasteiger partial charge in [-0.15, -0.1) is 0 Å². The van der Waals surface area contributed by atoms with E-state index in [2.05, 4.69) is 32.2 Å². The monoisotopic (exact) mass is 258 g/mol. The third-order valence-electron chi connectivity index (χ3n) is 3.22. The van der Waals surface area contributed by atoms with Crippen molar-refractivity contribution in [2.75, 3.05) is 19.0 Å². The maximum absolute atomic E-state index is 5.27. The summed E-state index contributed by atoms with van der Waals surface area (Å²) in [4.78, 5) is 4.74. The SMILES string of the molecule is CCCNc1nc2ccc(OC)cc2cc1C(C)C. The van der Waals surface area contributed by atoms with Crippen LogP contribution in [0.5, 0.6) is 5.75 Å². The average molecular weight is 258 g/mol. The van der Waals surface area contributed by atoms with Crippen molar-refractivity contribution < 1.29 is 4.74 Å². The predicted molar refractivity (Wildman–Crippen MR) is 81.2 cm³/mol. The van der Waals surface area contributed by atoms with Crippen LogP contribution in [-0.4, -0.2) is 18.6 Å². The van der Waals surface area contributed by atoms with Gasteiger partial charge in [-0.2, -0.15) is 0 Å². The van der Waals surface area contributed by atoms with Gasteiger partial charge in [-0.3, -0.25) is 0 Å². The zero-order chi connectivity index (χ0) is 13.8. The quantitative estimate of drug-likeness (QED) is 0.873. The molecular weight excluding hydrogens is 236 g/mol. The van der Waals surface area contributed by atoms with Crippen molar-refractivity contribution in [3.8, 4) is 5.75 Å². The summed E-state index contributed by atoms with van der Waals surface area (Å²) in [6.07, 6.45) is 1.10. The molecule has 1 aromatic carbocycles. The van der Waals surface area contributed by atoms with Crippen LogP contribution in [0.3, 0.4) is 0 Å². The fourth-order valence-corrected chi connectivity index (χ4v) is 2.12. The Bertz CT molecular complexity index is 564. The Morgan fingerprint density at radius 3 is 2.68 bits per heavy atom. The van der Waals surface area contributed by atoms with Gasteiger partial charge in [0, 0.05) is 11.9 Å². The molecule has 0 aliphatic heterocycles. The molecule has 1 heterocycles. The van der Waals surface area contributed by atoms with Crippen molar-refractivity contribution in [1.29, 1.82) is 0 Å². The van der Waals surface area contributed by atoms with Crippen LogP contribution < -0.4 is 10.1 Å². The summed E-state index contributed by atoms with van der Waals surface area (Å²) >= 11 is 0. The molecule has 0 saturated heterocycles. The largest absolute Gasteiger partial charge is 0.497 e. The van der Waals surface area contributed by atoms with Gasteiger partial charge in [-0.25, -0.2) is 4.98 Å². The molecule has 0 unspecified atom stereocenters. The summed E-state index contributed by atoms with van der Waals surface area (Å²) in [6, 6.07) is 8.22. The number of pyridine rings is 1. The first kappa shape index (κ1) is 13.7. The number of anilines is 1. The standard InChI is InChI=1S/C16H22N2O/c1-5-8-17-16-14(11(2)3)10-12-9-13(19-4)6-7-15(12)18-16/h6-7,9-11H,5,8H2,1-4H3,(H,17,18). The molecule has 0 radical (unpaired) electrons. The fourth-order valence-electron chi connectivity index (χ4n) is 2.12. The van der Waals surface area contributed by atoms with Crippen molar-refractivity contribution in [1.82, 2.24) is 4.98 Å². The fraction of sp³-hybridized carbons (Fsp3) is 0.438. The molecule has 102 valence electrons. The zero-order valence-corrected chi connectivity index (χ0v) is 12.2. The normalized spacial score (nSPS) is 11.0. The lowest BCUT2D eigenvalue weighted by Crippen LogP contribution is -2.06. The smallest absolute Gasteiger partial charge is 0.130 e. The van der Waals surface area contributed by atoms with E-state index in [4.69, 9.17) is 9.72 Å². The maximum Gasteiger partial charge on any atom is 0.130 e. The zero-order valence-electron chi connectivity index (χ0n) is 12.2. The maximum atomic E-state index is 5.27. The van der Waals surface area contributed by atoms with Crippen LogP contribution in [0, 0.1) is 0 Å². The summed E-state index contributed by atoms with van der Waals surface area (Å²) in [6.45, 7) is 7.50. The number of fused-ring (bicyclic) bond motifs is 1. The molecule has 0 fully saturated rings. The predicted octanol–water partition coefficient (Wildman–Crippen LogP) is 4.19. The number of nitrogens with one attached hydrogen (secondary N) is 1. The van der Waals surface area contributed by atoms with Crippen LogP contribution in [0.4, 0.5) is 5.82 Å². The van der Waals surface area contributed by atoms with Crippen molar-refractivity contribution >= 4 is 16.7 Å². The molecular formula is C16H22N2O. The first-order chi connectivity index (χ1) is 9.15. The van der Waals surface area contributed by atoms with Gasteiger partial charge in [0.05, 0.1) is 12.6 Å². The highest BCUT2D eigenvalue weighted by Crippen LogP contribution is 2.28. The molecule has 19 heavy (non-hydrogen) atoms. The minimum atomic E-state index is 0.447. The Morgan fingerprint density at radius 2 is 2.05 bits per heavy atom. The number of hydrogen-bond donors (Lipinski definition) is 1. The average Bonchev–Trinajstić information content (AvgIpc) is 2.43. The molecule has 0 amide bonds. The number of hydrogen-bond acceptors (Lipinski definition) is 3. The van der Waals surface area contributed by atoms with Gasteiger partial charge in [-0.1, -0.05) is 20.8 Å². The van der Waals surface area contributed by atoms with Gasteiger partial charge in [-0.05, 0) is 42.2 Å². The number of rotatable bonds is 5. The molecule has 0 saturated carbocycles. The van der Waals surface area contributed by atoms with Gasteiger partial charge < -0.3 is 10.1 Å². The molecule has 3 heteroatoms. The topological polar surface area (TPSA) is 34.2 Å². The number of nitrogens with zero attached hydrogens (tertiary/aromatic N) is 1. The Balaban J connectivity index is 2.51. The van der Waals surface area contributed by atoms with Crippen molar-refractivity contribution in [2.24, 2.45) is 0 Å². The Labute approximate surface area is 115 Å². The summed E-state index contributed by atoms with van der Waals surface area (Å²) in [5.41, 5.74) is 2.26. The third kappa shape index (κ3) is 2.98. The van der Waals surface area contributed by atoms with Crippen LogP contribution >= 0.6 is 0 Å². The van der Waals surface area contributed by atoms with Crippen LogP contribution in [-0.2, 0) is 0 Å². The number of methoxy groups -OCH3 is 1. The highest BCUT2D eigenvalue weighted by molar-refractivity contribution is 5.83. The Morgan fingerprint density at radius 1 is 1.26 bits per heavy atom. The molecule has 2 rings (SSSR count). The molecule has 1 N–H and O–H groups in total. The van der Waals surface area contributed by atoms with Crippen molar-refractivity contribution in [3.63, 3.8) is 0 Å². The molecule has 0 aliphatic rings. The van der Waals surface area contributed by atoms with E-state index in [1.165, 1.54) is 5.56 Å². The van der Waals surface area contributed by atoms with E-state index >= 15 is 0 Å². The summed E-state index contributed by atoms with van der Waals surface area (Å²) in [7, 11) is 1.69. The Hall–Kier alpha value is -1.77. The minimum absolute atomic E-state index is 0.447. The summed E-state index contributed by atoms with van der Waals surface area (Å²) in [5.74, 6) is 2.33. The lowest BCUT2D eigenvalue weighted by atomic mass is 10.0. The van der Waals surface area contributed by atoms with E-state index in [1.54, 1.807) is 7.11 Å². The second-order valence-corrected chi connectivity index (χ2v) is 5.07. The minimum Gasteiger partial charge on any atom is -0.497 e. The van der Waals surface area contributed by atoms with Gasteiger partial charge in [0.15, 0.2) is 0 Å². The molecule has 1 aromatic heterocycles. The van der Waals surface area contributed by atoms with Crippen LogP contribution in [0.25, 0.3) is 10.9 Å². The van der Waals surface area contributed by atoms with E-state index in [1.807, 2.05) is 18.2 Å². The number of ether oxygens (including phenoxy) is 1. The van der Waals surface area contributed by atoms with E-state index in [0.29, 0.717) is 5.92 Å². The third-order valence-corrected chi connectivity index (χ3v) is 3.22. The molecule has 0 aliphatic carbocycles. The second kappa shape index (κ2) is 5.91. The van der Waals surface area contributed by atoms with E-state index in [9.17, 15) is 0 Å². The first-order valence-corrected chi connectivity index (χ1v) is 6.88. The number of aromatic nitrogens is 1. The van der Waals surface area contributed by atoms with Gasteiger partial charge in [0.1, 0.15) is 11.6 Å². The van der Waals surface area contributed by atoms with Crippen LogP contribution in [0.15, 0.2) is 24.3 Å². The summed E-state index contributed by atoms with van der Waals surface area (Å²) < 4.78 is 5.27. The van der Waals surface area contributed by atoms with Crippen molar-refractivity contribution in [2.45, 2.75) is 33.1 Å². The van der Waals surface area contributed by atoms with Gasteiger partial charge >= 0.3 is 0 Å². The summed E-state index contributed by atoms with van der Waals surface area (Å²) in [5, 5.41) is 4.55.